The lowest BCUT2D eigenvalue weighted by Gasteiger charge is -2.31. The van der Waals surface area contributed by atoms with Crippen LogP contribution in [0.25, 0.3) is 0 Å². The number of methoxy groups -OCH3 is 1. The minimum Gasteiger partial charge on any atom is -0.384 e. The lowest BCUT2D eigenvalue weighted by molar-refractivity contribution is 0.206. The quantitative estimate of drug-likeness (QED) is 0.625. The number of ether oxygens (including phenoxy) is 1. The molecule has 6 heteroatoms. The summed E-state index contributed by atoms with van der Waals surface area (Å²) in [6.07, 6.45) is 0. The van der Waals surface area contributed by atoms with Gasteiger partial charge >= 0.3 is 0 Å². The molecule has 0 aromatic rings. The topological polar surface area (TPSA) is 49.9 Å². The van der Waals surface area contributed by atoms with Gasteiger partial charge in [-0.25, -0.2) is 8.42 Å². The zero-order chi connectivity index (χ0) is 10.6. The molecule has 0 spiro atoms. The number of rotatable bonds is 4. The monoisotopic (exact) mass is 222 g/mol. The number of hydrogen-bond acceptors (Lipinski definition) is 4. The van der Waals surface area contributed by atoms with E-state index in [2.05, 4.69) is 4.90 Å². The standard InChI is InChI=1S/C8H18N2O3S/c1-9-3-5-10(6-4-9)14(11,12)8-7-13-2/h3-8H2,1-2H3. The molecule has 1 heterocycles. The van der Waals surface area contributed by atoms with E-state index < -0.39 is 10.0 Å². The summed E-state index contributed by atoms with van der Waals surface area (Å²) in [6.45, 7) is 3.10. The first-order chi connectivity index (χ1) is 6.56. The number of nitrogens with zero attached hydrogens (tertiary/aromatic N) is 2. The summed E-state index contributed by atoms with van der Waals surface area (Å²) in [7, 11) is 0.425. The van der Waals surface area contributed by atoms with Crippen molar-refractivity contribution in [3.63, 3.8) is 0 Å². The van der Waals surface area contributed by atoms with Crippen molar-refractivity contribution in [2.45, 2.75) is 0 Å². The molecule has 0 bridgehead atoms. The Hall–Kier alpha value is -0.170. The van der Waals surface area contributed by atoms with Gasteiger partial charge in [-0.1, -0.05) is 0 Å². The Morgan fingerprint density at radius 2 is 1.79 bits per heavy atom. The van der Waals surface area contributed by atoms with Crippen molar-refractivity contribution in [1.82, 2.24) is 9.21 Å². The van der Waals surface area contributed by atoms with Gasteiger partial charge in [0.15, 0.2) is 0 Å². The lowest BCUT2D eigenvalue weighted by Crippen LogP contribution is -2.48. The van der Waals surface area contributed by atoms with Gasteiger partial charge in [-0.05, 0) is 7.05 Å². The van der Waals surface area contributed by atoms with Gasteiger partial charge in [0.1, 0.15) is 0 Å². The van der Waals surface area contributed by atoms with Gasteiger partial charge in [0.25, 0.3) is 0 Å². The van der Waals surface area contributed by atoms with E-state index in [0.717, 1.165) is 13.1 Å². The molecule has 14 heavy (non-hydrogen) atoms. The van der Waals surface area contributed by atoms with Crippen molar-refractivity contribution in [2.24, 2.45) is 0 Å². The SMILES string of the molecule is COCCS(=O)(=O)N1CCN(C)CC1. The van der Waals surface area contributed by atoms with Crippen LogP contribution in [0.2, 0.25) is 0 Å². The van der Waals surface area contributed by atoms with Crippen molar-refractivity contribution in [3.05, 3.63) is 0 Å². The van der Waals surface area contributed by atoms with Crippen LogP contribution in [0.5, 0.6) is 0 Å². The van der Waals surface area contributed by atoms with Crippen LogP contribution in [0.3, 0.4) is 0 Å². The summed E-state index contributed by atoms with van der Waals surface area (Å²) < 4.78 is 29.7. The second-order valence-corrected chi connectivity index (χ2v) is 5.60. The van der Waals surface area contributed by atoms with Crippen LogP contribution >= 0.6 is 0 Å². The molecule has 0 atom stereocenters. The molecule has 1 rings (SSSR count). The Morgan fingerprint density at radius 1 is 1.21 bits per heavy atom. The van der Waals surface area contributed by atoms with Crippen molar-refractivity contribution >= 4 is 10.0 Å². The highest BCUT2D eigenvalue weighted by Gasteiger charge is 2.24. The van der Waals surface area contributed by atoms with E-state index in [1.807, 2.05) is 7.05 Å². The molecular weight excluding hydrogens is 204 g/mol. The fourth-order valence-electron chi connectivity index (χ4n) is 1.38. The molecule has 5 nitrogen and oxygen atoms in total. The summed E-state index contributed by atoms with van der Waals surface area (Å²) in [6, 6.07) is 0. The predicted molar refractivity (Wildman–Crippen MR) is 54.7 cm³/mol. The lowest BCUT2D eigenvalue weighted by atomic mass is 10.4. The summed E-state index contributed by atoms with van der Waals surface area (Å²) >= 11 is 0. The van der Waals surface area contributed by atoms with Gasteiger partial charge in [0.2, 0.25) is 10.0 Å². The van der Waals surface area contributed by atoms with E-state index in [4.69, 9.17) is 4.74 Å². The Balaban J connectivity index is 2.47. The third kappa shape index (κ3) is 3.20. The normalized spacial score (nSPS) is 21.3. The number of piperazine rings is 1. The van der Waals surface area contributed by atoms with E-state index in [0.29, 0.717) is 13.1 Å². The maximum absolute atomic E-state index is 11.7. The third-order valence-corrected chi connectivity index (χ3v) is 4.24. The minimum atomic E-state index is -3.09. The van der Waals surface area contributed by atoms with Gasteiger partial charge in [-0.15, -0.1) is 0 Å². The summed E-state index contributed by atoms with van der Waals surface area (Å²) in [4.78, 5) is 2.13. The van der Waals surface area contributed by atoms with Crippen molar-refractivity contribution < 1.29 is 13.2 Å². The Labute approximate surface area is 85.7 Å². The van der Waals surface area contributed by atoms with E-state index in [1.54, 1.807) is 4.31 Å². The van der Waals surface area contributed by atoms with Crippen molar-refractivity contribution in [1.29, 1.82) is 0 Å². The molecule has 0 aromatic carbocycles. The average molecular weight is 222 g/mol. The van der Waals surface area contributed by atoms with Gasteiger partial charge in [0.05, 0.1) is 12.4 Å². The fourth-order valence-corrected chi connectivity index (χ4v) is 2.74. The summed E-state index contributed by atoms with van der Waals surface area (Å²) in [5.41, 5.74) is 0. The zero-order valence-electron chi connectivity index (χ0n) is 8.77. The van der Waals surface area contributed by atoms with Crippen LogP contribution in [0.4, 0.5) is 0 Å². The van der Waals surface area contributed by atoms with E-state index in [9.17, 15) is 8.42 Å². The van der Waals surface area contributed by atoms with E-state index in [1.165, 1.54) is 7.11 Å². The second kappa shape index (κ2) is 5.06. The Morgan fingerprint density at radius 3 is 2.29 bits per heavy atom. The summed E-state index contributed by atoms with van der Waals surface area (Å²) in [5, 5.41) is 0. The molecule has 1 fully saturated rings. The minimum absolute atomic E-state index is 0.0905. The third-order valence-electron chi connectivity index (χ3n) is 2.40. The van der Waals surface area contributed by atoms with Crippen LogP contribution in [0.1, 0.15) is 0 Å². The molecule has 84 valence electrons. The molecule has 0 amide bonds. The van der Waals surface area contributed by atoms with Gasteiger partial charge in [0, 0.05) is 33.3 Å². The largest absolute Gasteiger partial charge is 0.384 e. The molecule has 1 aliphatic heterocycles. The maximum Gasteiger partial charge on any atom is 0.216 e. The van der Waals surface area contributed by atoms with E-state index in [-0.39, 0.29) is 12.4 Å². The van der Waals surface area contributed by atoms with Gasteiger partial charge in [-0.2, -0.15) is 4.31 Å². The molecule has 1 saturated heterocycles. The van der Waals surface area contributed by atoms with Crippen LogP contribution in [-0.4, -0.2) is 70.3 Å². The van der Waals surface area contributed by atoms with Crippen molar-refractivity contribution in [2.75, 3.05) is 52.7 Å². The molecule has 0 unspecified atom stereocenters. The highest BCUT2D eigenvalue weighted by atomic mass is 32.2. The first-order valence-electron chi connectivity index (χ1n) is 4.71. The predicted octanol–water partition coefficient (Wildman–Crippen LogP) is -0.790. The fraction of sp³-hybridized carbons (Fsp3) is 1.00. The molecule has 1 aliphatic rings. The van der Waals surface area contributed by atoms with Crippen LogP contribution in [0, 0.1) is 0 Å². The van der Waals surface area contributed by atoms with Crippen molar-refractivity contribution in [3.8, 4) is 0 Å². The van der Waals surface area contributed by atoms with Gasteiger partial charge < -0.3 is 9.64 Å². The van der Waals surface area contributed by atoms with Crippen LogP contribution in [-0.2, 0) is 14.8 Å². The number of likely N-dealkylation sites (N-methyl/N-ethyl adjacent to an activating group) is 1. The highest BCUT2D eigenvalue weighted by Crippen LogP contribution is 2.06. The molecule has 0 aromatic heterocycles. The zero-order valence-corrected chi connectivity index (χ0v) is 9.59. The number of sulfonamides is 1. The van der Waals surface area contributed by atoms with E-state index >= 15 is 0 Å². The Bertz CT molecular complexity index is 258. The molecule has 0 aliphatic carbocycles. The summed E-state index contributed by atoms with van der Waals surface area (Å²) in [5.74, 6) is 0.0905. The average Bonchev–Trinajstić information content (AvgIpc) is 2.16. The molecule has 0 saturated carbocycles. The molecule has 0 radical (unpaired) electrons. The van der Waals surface area contributed by atoms with Crippen LogP contribution in [0.15, 0.2) is 0 Å². The first kappa shape index (κ1) is 11.9. The van der Waals surface area contributed by atoms with Gasteiger partial charge in [-0.3, -0.25) is 0 Å². The smallest absolute Gasteiger partial charge is 0.216 e. The first-order valence-corrected chi connectivity index (χ1v) is 6.32. The Kier molecular flexibility index (Phi) is 4.31. The molecule has 0 N–H and O–H groups in total. The second-order valence-electron chi connectivity index (χ2n) is 3.51. The van der Waals surface area contributed by atoms with Crippen LogP contribution < -0.4 is 0 Å². The maximum atomic E-state index is 11.7. The molecular formula is C8H18N2O3S. The number of hydrogen-bond donors (Lipinski definition) is 0. The highest BCUT2D eigenvalue weighted by molar-refractivity contribution is 7.89.